The maximum Gasteiger partial charge on any atom is 0.229 e. The van der Waals surface area contributed by atoms with Crippen molar-refractivity contribution in [2.24, 2.45) is 0 Å². The number of hydrogen-bond donors (Lipinski definition) is 2. The summed E-state index contributed by atoms with van der Waals surface area (Å²) in [4.78, 5) is 14.0. The Hall–Kier alpha value is -3.52. The first-order valence-electron chi connectivity index (χ1n) is 12.9. The van der Waals surface area contributed by atoms with E-state index in [0.29, 0.717) is 19.2 Å². The maximum absolute atomic E-state index is 6.34. The van der Waals surface area contributed by atoms with Gasteiger partial charge in [-0.25, -0.2) is 4.98 Å². The van der Waals surface area contributed by atoms with Gasteiger partial charge in [0, 0.05) is 43.7 Å². The van der Waals surface area contributed by atoms with Gasteiger partial charge in [0.1, 0.15) is 12.4 Å². The van der Waals surface area contributed by atoms with Crippen LogP contribution in [0.5, 0.6) is 11.5 Å². The van der Waals surface area contributed by atoms with Gasteiger partial charge in [0.05, 0.1) is 18.8 Å². The van der Waals surface area contributed by atoms with Crippen molar-refractivity contribution in [3.05, 3.63) is 59.8 Å². The molecule has 3 heterocycles. The predicted molar refractivity (Wildman–Crippen MR) is 145 cm³/mol. The predicted octanol–water partition coefficient (Wildman–Crippen LogP) is 4.83. The molecule has 0 amide bonds. The molecule has 3 aromatic rings. The van der Waals surface area contributed by atoms with Crippen molar-refractivity contribution in [1.82, 2.24) is 14.9 Å². The molecule has 190 valence electrons. The highest BCUT2D eigenvalue weighted by Crippen LogP contribution is 2.44. The van der Waals surface area contributed by atoms with E-state index in [2.05, 4.69) is 60.7 Å². The molecule has 2 N–H and O–H groups in total. The van der Waals surface area contributed by atoms with Crippen molar-refractivity contribution >= 4 is 23.1 Å². The first-order chi connectivity index (χ1) is 17.7. The van der Waals surface area contributed by atoms with Crippen molar-refractivity contribution < 1.29 is 9.47 Å². The van der Waals surface area contributed by atoms with Crippen molar-refractivity contribution in [2.75, 3.05) is 62.0 Å². The highest BCUT2D eigenvalue weighted by Gasteiger charge is 2.24. The lowest BCUT2D eigenvalue weighted by molar-refractivity contribution is 0.241. The second-order valence-electron chi connectivity index (χ2n) is 9.42. The molecule has 1 saturated heterocycles. The number of likely N-dealkylation sites (tertiary alicyclic amines) is 1. The average molecular weight is 489 g/mol. The van der Waals surface area contributed by atoms with Crippen molar-refractivity contribution in [3.8, 4) is 11.5 Å². The lowest BCUT2D eigenvalue weighted by atomic mass is 10.1. The summed E-state index contributed by atoms with van der Waals surface area (Å²) in [5, 5.41) is 6.50. The van der Waals surface area contributed by atoms with Gasteiger partial charge in [0.25, 0.3) is 0 Å². The highest BCUT2D eigenvalue weighted by molar-refractivity contribution is 5.74. The molecule has 0 atom stereocenters. The van der Waals surface area contributed by atoms with Gasteiger partial charge in [0.15, 0.2) is 11.5 Å². The normalized spacial score (nSPS) is 15.3. The number of rotatable bonds is 10. The fraction of sp³-hybridized carbons (Fsp3) is 0.429. The smallest absolute Gasteiger partial charge is 0.229 e. The maximum atomic E-state index is 6.34. The van der Waals surface area contributed by atoms with Crippen LogP contribution >= 0.6 is 0 Å². The van der Waals surface area contributed by atoms with Gasteiger partial charge in [-0.05, 0) is 50.9 Å². The molecule has 0 aliphatic carbocycles. The van der Waals surface area contributed by atoms with Gasteiger partial charge in [-0.1, -0.05) is 30.3 Å². The molecule has 0 saturated carbocycles. The Morgan fingerprint density at radius 3 is 2.67 bits per heavy atom. The Kier molecular flexibility index (Phi) is 7.71. The third kappa shape index (κ3) is 5.99. The lowest BCUT2D eigenvalue weighted by Gasteiger charge is -2.33. The largest absolute Gasteiger partial charge is 0.489 e. The van der Waals surface area contributed by atoms with Crippen LogP contribution in [0.15, 0.2) is 48.5 Å². The van der Waals surface area contributed by atoms with Gasteiger partial charge < -0.3 is 29.9 Å². The van der Waals surface area contributed by atoms with Crippen LogP contribution in [0.3, 0.4) is 0 Å². The second kappa shape index (κ2) is 11.5. The molecular formula is C28H36N6O2. The van der Waals surface area contributed by atoms with E-state index in [-0.39, 0.29) is 0 Å². The van der Waals surface area contributed by atoms with Crippen LogP contribution in [-0.2, 0) is 6.54 Å². The third-order valence-corrected chi connectivity index (χ3v) is 6.64. The van der Waals surface area contributed by atoms with Crippen LogP contribution < -0.4 is 25.0 Å². The summed E-state index contributed by atoms with van der Waals surface area (Å²) in [6, 6.07) is 16.6. The van der Waals surface area contributed by atoms with E-state index >= 15 is 0 Å². The molecule has 5 rings (SSSR count). The number of nitrogens with one attached hydrogen (secondary N) is 2. The standard InChI is InChI=1S/C28H36N6O2/c1-21-17-26(29-2)32-28(30-21)31-23-18-24-27(25(19-23)35-15-8-13-33-11-6-7-12-33)36-16-14-34(24)20-22-9-4-3-5-10-22/h3-5,9-10,17-19H,6-8,11-16,20H2,1-2H3,(H2,29,30,31,32). The van der Waals surface area contributed by atoms with E-state index < -0.39 is 0 Å². The molecule has 8 heteroatoms. The monoisotopic (exact) mass is 488 g/mol. The minimum atomic E-state index is 0.547. The molecule has 0 radical (unpaired) electrons. The van der Waals surface area contributed by atoms with Gasteiger partial charge in [-0.15, -0.1) is 0 Å². The number of ether oxygens (including phenoxy) is 2. The van der Waals surface area contributed by atoms with Crippen LogP contribution in [0.25, 0.3) is 0 Å². The topological polar surface area (TPSA) is 74.8 Å². The minimum Gasteiger partial charge on any atom is -0.489 e. The number of benzene rings is 2. The molecule has 1 fully saturated rings. The van der Waals surface area contributed by atoms with Gasteiger partial charge in [-0.3, -0.25) is 0 Å². The minimum absolute atomic E-state index is 0.547. The van der Waals surface area contributed by atoms with Crippen molar-refractivity contribution in [3.63, 3.8) is 0 Å². The van der Waals surface area contributed by atoms with Crippen LogP contribution in [-0.4, -0.2) is 61.3 Å². The molecule has 8 nitrogen and oxygen atoms in total. The van der Waals surface area contributed by atoms with Gasteiger partial charge in [-0.2, -0.15) is 4.98 Å². The summed E-state index contributed by atoms with van der Waals surface area (Å²) >= 11 is 0. The Morgan fingerprint density at radius 1 is 1.03 bits per heavy atom. The number of aryl methyl sites for hydroxylation is 1. The third-order valence-electron chi connectivity index (χ3n) is 6.64. The van der Waals surface area contributed by atoms with Crippen LogP contribution in [0.4, 0.5) is 23.1 Å². The van der Waals surface area contributed by atoms with E-state index in [0.717, 1.165) is 60.4 Å². The van der Waals surface area contributed by atoms with E-state index in [1.165, 1.54) is 31.5 Å². The summed E-state index contributed by atoms with van der Waals surface area (Å²) < 4.78 is 12.5. The van der Waals surface area contributed by atoms with Crippen LogP contribution in [0, 0.1) is 6.92 Å². The van der Waals surface area contributed by atoms with Gasteiger partial charge in [0.2, 0.25) is 5.95 Å². The Labute approximate surface area is 213 Å². The Morgan fingerprint density at radius 2 is 1.86 bits per heavy atom. The Balaban J connectivity index is 1.40. The zero-order valence-electron chi connectivity index (χ0n) is 21.3. The molecule has 0 spiro atoms. The fourth-order valence-electron chi connectivity index (χ4n) is 4.85. The molecule has 0 bridgehead atoms. The summed E-state index contributed by atoms with van der Waals surface area (Å²) in [5.41, 5.74) is 4.05. The van der Waals surface area contributed by atoms with Crippen LogP contribution in [0.1, 0.15) is 30.5 Å². The number of hydrogen-bond acceptors (Lipinski definition) is 8. The quantitative estimate of drug-likeness (QED) is 0.393. The molecule has 36 heavy (non-hydrogen) atoms. The second-order valence-corrected chi connectivity index (χ2v) is 9.42. The van der Waals surface area contributed by atoms with Gasteiger partial charge >= 0.3 is 0 Å². The molecule has 2 aliphatic heterocycles. The summed E-state index contributed by atoms with van der Waals surface area (Å²) in [5.74, 6) is 2.89. The van der Waals surface area contributed by atoms with Crippen molar-refractivity contribution in [1.29, 1.82) is 0 Å². The number of fused-ring (bicyclic) bond motifs is 1. The molecular weight excluding hydrogens is 452 g/mol. The summed E-state index contributed by atoms with van der Waals surface area (Å²) in [7, 11) is 1.86. The SMILES string of the molecule is CNc1cc(C)nc(Nc2cc(OCCCN3CCCC3)c3c(c2)N(Cc2ccccc2)CCO3)n1. The number of aromatic nitrogens is 2. The number of anilines is 4. The van der Waals surface area contributed by atoms with E-state index in [1.54, 1.807) is 0 Å². The fourth-order valence-corrected chi connectivity index (χ4v) is 4.85. The molecule has 2 aliphatic rings. The molecule has 1 aromatic heterocycles. The van der Waals surface area contributed by atoms with Crippen molar-refractivity contribution in [2.45, 2.75) is 32.7 Å². The van der Waals surface area contributed by atoms with E-state index in [1.807, 2.05) is 32.2 Å². The zero-order chi connectivity index (χ0) is 24.7. The first-order valence-corrected chi connectivity index (χ1v) is 12.9. The Bertz CT molecular complexity index is 1150. The highest BCUT2D eigenvalue weighted by atomic mass is 16.5. The number of nitrogens with zero attached hydrogens (tertiary/aromatic N) is 4. The summed E-state index contributed by atoms with van der Waals surface area (Å²) in [6.45, 7) is 8.35. The average Bonchev–Trinajstić information content (AvgIpc) is 3.41. The molecule has 0 unspecified atom stereocenters. The first kappa shape index (κ1) is 24.2. The van der Waals surface area contributed by atoms with Crippen LogP contribution in [0.2, 0.25) is 0 Å². The molecule has 2 aromatic carbocycles. The zero-order valence-corrected chi connectivity index (χ0v) is 21.3. The van der Waals surface area contributed by atoms with E-state index in [9.17, 15) is 0 Å². The lowest BCUT2D eigenvalue weighted by Crippen LogP contribution is -2.32. The van der Waals surface area contributed by atoms with E-state index in [4.69, 9.17) is 9.47 Å². The summed E-state index contributed by atoms with van der Waals surface area (Å²) in [6.07, 6.45) is 3.61.